The summed E-state index contributed by atoms with van der Waals surface area (Å²) in [5, 5.41) is 3.43. The van der Waals surface area contributed by atoms with Gasteiger partial charge in [0.25, 0.3) is 0 Å². The van der Waals surface area contributed by atoms with Crippen molar-refractivity contribution in [3.63, 3.8) is 0 Å². The third-order valence-electron chi connectivity index (χ3n) is 3.77. The lowest BCUT2D eigenvalue weighted by Crippen LogP contribution is -2.29. The Morgan fingerprint density at radius 1 is 1.48 bits per heavy atom. The molecule has 1 aromatic heterocycles. The molecule has 21 heavy (non-hydrogen) atoms. The maximum atomic E-state index is 12.5. The molecule has 0 radical (unpaired) electrons. The first kappa shape index (κ1) is 16.5. The highest BCUT2D eigenvalue weighted by Crippen LogP contribution is 2.21. The summed E-state index contributed by atoms with van der Waals surface area (Å²) in [7, 11) is -0.293. The molecule has 0 bridgehead atoms. The quantitative estimate of drug-likeness (QED) is 0.739. The van der Waals surface area contributed by atoms with E-state index < -0.39 is 10.0 Å². The Labute approximate surface area is 127 Å². The first-order valence-corrected chi connectivity index (χ1v) is 8.80. The minimum atomic E-state index is -3.44. The van der Waals surface area contributed by atoms with Crippen LogP contribution in [0.5, 0.6) is 0 Å². The molecule has 1 N–H and O–H groups in total. The predicted octanol–water partition coefficient (Wildman–Crippen LogP) is 1.03. The van der Waals surface area contributed by atoms with Crippen molar-refractivity contribution in [2.75, 3.05) is 27.3 Å². The molecule has 6 nitrogen and oxygen atoms in total. The topological polar surface area (TPSA) is 63.6 Å². The smallest absolute Gasteiger partial charge is 0.244 e. The molecular formula is C14H25N3O3S. The summed E-state index contributed by atoms with van der Waals surface area (Å²) in [6.07, 6.45) is 4.16. The molecule has 1 aromatic rings. The summed E-state index contributed by atoms with van der Waals surface area (Å²) in [6, 6.07) is 2.38. The molecule has 7 heteroatoms. The number of aromatic nitrogens is 1. The van der Waals surface area contributed by atoms with Crippen LogP contribution < -0.4 is 5.32 Å². The summed E-state index contributed by atoms with van der Waals surface area (Å²) in [6.45, 7) is 4.24. The van der Waals surface area contributed by atoms with Crippen LogP contribution in [-0.4, -0.2) is 50.6 Å². The predicted molar refractivity (Wildman–Crippen MR) is 81.7 cm³/mol. The van der Waals surface area contributed by atoms with Crippen molar-refractivity contribution in [3.05, 3.63) is 18.0 Å². The number of sulfonamides is 1. The van der Waals surface area contributed by atoms with Crippen molar-refractivity contribution in [2.24, 2.45) is 0 Å². The zero-order chi connectivity index (χ0) is 15.5. The second-order valence-corrected chi connectivity index (χ2v) is 7.47. The van der Waals surface area contributed by atoms with Gasteiger partial charge in [-0.1, -0.05) is 0 Å². The molecule has 1 fully saturated rings. The molecule has 0 amide bonds. The Morgan fingerprint density at radius 2 is 2.19 bits per heavy atom. The number of methoxy groups -OCH3 is 1. The van der Waals surface area contributed by atoms with E-state index in [1.165, 1.54) is 17.1 Å². The average molecular weight is 315 g/mol. The van der Waals surface area contributed by atoms with Gasteiger partial charge in [-0.05, 0) is 25.8 Å². The van der Waals surface area contributed by atoms with Gasteiger partial charge in [0.05, 0.1) is 6.61 Å². The number of nitrogens with one attached hydrogen (secondary N) is 1. The van der Waals surface area contributed by atoms with Gasteiger partial charge < -0.3 is 14.6 Å². The van der Waals surface area contributed by atoms with Gasteiger partial charge >= 0.3 is 0 Å². The Balaban J connectivity index is 2.13. The van der Waals surface area contributed by atoms with Crippen LogP contribution in [0.25, 0.3) is 0 Å². The summed E-state index contributed by atoms with van der Waals surface area (Å²) in [5.41, 5.74) is 1.02. The lowest BCUT2D eigenvalue weighted by atomic mass is 10.4. The van der Waals surface area contributed by atoms with Crippen LogP contribution >= 0.6 is 0 Å². The number of ether oxygens (including phenoxy) is 1. The number of aryl methyl sites for hydroxylation is 1. The van der Waals surface area contributed by atoms with Gasteiger partial charge in [0.1, 0.15) is 4.90 Å². The fourth-order valence-electron chi connectivity index (χ4n) is 2.17. The van der Waals surface area contributed by atoms with Crippen molar-refractivity contribution in [2.45, 2.75) is 43.8 Å². The monoisotopic (exact) mass is 315 g/mol. The molecule has 1 aliphatic rings. The van der Waals surface area contributed by atoms with Crippen LogP contribution in [0, 0.1) is 0 Å². The van der Waals surface area contributed by atoms with E-state index in [4.69, 9.17) is 4.74 Å². The van der Waals surface area contributed by atoms with E-state index in [1.807, 2.05) is 11.5 Å². The molecule has 1 saturated carbocycles. The average Bonchev–Trinajstić information content (AvgIpc) is 3.20. The Kier molecular flexibility index (Phi) is 5.43. The van der Waals surface area contributed by atoms with E-state index in [2.05, 4.69) is 5.32 Å². The highest BCUT2D eigenvalue weighted by molar-refractivity contribution is 7.89. The lowest BCUT2D eigenvalue weighted by Gasteiger charge is -2.15. The van der Waals surface area contributed by atoms with E-state index in [0.29, 0.717) is 24.1 Å². The summed E-state index contributed by atoms with van der Waals surface area (Å²) >= 11 is 0. The van der Waals surface area contributed by atoms with Gasteiger partial charge in [0.15, 0.2) is 0 Å². The molecule has 2 rings (SSSR count). The SMILES string of the molecule is CCn1cc(S(=O)(=O)N(C)CCOC)cc1CNC1CC1. The molecule has 120 valence electrons. The number of hydrogen-bond donors (Lipinski definition) is 1. The third kappa shape index (κ3) is 4.06. The fourth-order valence-corrected chi connectivity index (χ4v) is 3.39. The molecule has 0 atom stereocenters. The maximum absolute atomic E-state index is 12.5. The summed E-state index contributed by atoms with van der Waals surface area (Å²) < 4.78 is 33.3. The maximum Gasteiger partial charge on any atom is 0.244 e. The van der Waals surface area contributed by atoms with Crippen molar-refractivity contribution in [3.8, 4) is 0 Å². The molecule has 0 spiro atoms. The van der Waals surface area contributed by atoms with E-state index in [9.17, 15) is 8.42 Å². The number of nitrogens with zero attached hydrogens (tertiary/aromatic N) is 2. The van der Waals surface area contributed by atoms with Gasteiger partial charge in [-0.3, -0.25) is 0 Å². The van der Waals surface area contributed by atoms with Gasteiger partial charge in [-0.25, -0.2) is 8.42 Å². The molecule has 1 aliphatic carbocycles. The number of likely N-dealkylation sites (N-methyl/N-ethyl adjacent to an activating group) is 1. The minimum Gasteiger partial charge on any atom is -0.383 e. The first-order valence-electron chi connectivity index (χ1n) is 7.36. The number of hydrogen-bond acceptors (Lipinski definition) is 4. The number of rotatable bonds is 9. The van der Waals surface area contributed by atoms with Crippen LogP contribution in [0.15, 0.2) is 17.2 Å². The minimum absolute atomic E-state index is 0.353. The van der Waals surface area contributed by atoms with Crippen LogP contribution in [-0.2, 0) is 27.8 Å². The second-order valence-electron chi connectivity index (χ2n) is 5.43. The summed E-state index contributed by atoms with van der Waals surface area (Å²) in [5.74, 6) is 0. The third-order valence-corrected chi connectivity index (χ3v) is 5.59. The molecular weight excluding hydrogens is 290 g/mol. The van der Waals surface area contributed by atoms with Gasteiger partial charge in [0.2, 0.25) is 10.0 Å². The molecule has 0 aromatic carbocycles. The van der Waals surface area contributed by atoms with E-state index in [1.54, 1.807) is 26.4 Å². The van der Waals surface area contributed by atoms with Crippen LogP contribution in [0.3, 0.4) is 0 Å². The van der Waals surface area contributed by atoms with Gasteiger partial charge in [-0.2, -0.15) is 4.31 Å². The van der Waals surface area contributed by atoms with E-state index in [0.717, 1.165) is 18.8 Å². The molecule has 1 heterocycles. The highest BCUT2D eigenvalue weighted by atomic mass is 32.2. The Hall–Kier alpha value is -0.890. The van der Waals surface area contributed by atoms with E-state index >= 15 is 0 Å². The first-order chi connectivity index (χ1) is 9.98. The van der Waals surface area contributed by atoms with Gasteiger partial charge in [0, 0.05) is 51.7 Å². The molecule has 0 saturated heterocycles. The summed E-state index contributed by atoms with van der Waals surface area (Å²) in [4.78, 5) is 0.357. The van der Waals surface area contributed by atoms with Crippen molar-refractivity contribution in [1.29, 1.82) is 0 Å². The van der Waals surface area contributed by atoms with Crippen molar-refractivity contribution >= 4 is 10.0 Å². The standard InChI is InChI=1S/C14H25N3O3S/c1-4-17-11-14(9-13(17)10-15-12-5-6-12)21(18,19)16(2)7-8-20-3/h9,11-12,15H,4-8,10H2,1-3H3. The van der Waals surface area contributed by atoms with Gasteiger partial charge in [-0.15, -0.1) is 0 Å². The fraction of sp³-hybridized carbons (Fsp3) is 0.714. The molecule has 0 aliphatic heterocycles. The Bertz CT molecular complexity index is 564. The Morgan fingerprint density at radius 3 is 2.76 bits per heavy atom. The van der Waals surface area contributed by atoms with Crippen molar-refractivity contribution < 1.29 is 13.2 Å². The zero-order valence-electron chi connectivity index (χ0n) is 13.0. The van der Waals surface area contributed by atoms with E-state index in [-0.39, 0.29) is 0 Å². The zero-order valence-corrected chi connectivity index (χ0v) is 13.8. The van der Waals surface area contributed by atoms with Crippen LogP contribution in [0.1, 0.15) is 25.5 Å². The van der Waals surface area contributed by atoms with Crippen molar-refractivity contribution in [1.82, 2.24) is 14.2 Å². The largest absolute Gasteiger partial charge is 0.383 e. The molecule has 0 unspecified atom stereocenters. The highest BCUT2D eigenvalue weighted by Gasteiger charge is 2.24. The second kappa shape index (κ2) is 6.91. The van der Waals surface area contributed by atoms with Crippen LogP contribution in [0.4, 0.5) is 0 Å². The lowest BCUT2D eigenvalue weighted by molar-refractivity contribution is 0.185. The normalized spacial score (nSPS) is 15.8. The van der Waals surface area contributed by atoms with Crippen LogP contribution in [0.2, 0.25) is 0 Å².